The lowest BCUT2D eigenvalue weighted by molar-refractivity contribution is -0.142. The van der Waals surface area contributed by atoms with E-state index < -0.39 is 18.7 Å². The molecule has 4 nitrogen and oxygen atoms in total. The van der Waals surface area contributed by atoms with Crippen LogP contribution in [0.1, 0.15) is 42.9 Å². The van der Waals surface area contributed by atoms with Gasteiger partial charge in [0.05, 0.1) is 12.3 Å². The number of halogens is 3. The molecule has 1 heterocycles. The molecule has 0 aliphatic heterocycles. The van der Waals surface area contributed by atoms with Crippen LogP contribution in [0.5, 0.6) is 0 Å². The van der Waals surface area contributed by atoms with Crippen molar-refractivity contribution in [3.63, 3.8) is 0 Å². The van der Waals surface area contributed by atoms with Gasteiger partial charge in [-0.2, -0.15) is 18.3 Å². The van der Waals surface area contributed by atoms with E-state index in [1.54, 1.807) is 20.8 Å². The molecule has 0 N–H and O–H groups in total. The predicted octanol–water partition coefficient (Wildman–Crippen LogP) is 2.75. The van der Waals surface area contributed by atoms with Gasteiger partial charge in [0.2, 0.25) is 0 Å². The van der Waals surface area contributed by atoms with Gasteiger partial charge in [-0.15, -0.1) is 0 Å². The summed E-state index contributed by atoms with van der Waals surface area (Å²) in [6.45, 7) is 3.97. The number of ether oxygens (including phenoxy) is 1. The third-order valence-electron chi connectivity index (χ3n) is 2.20. The van der Waals surface area contributed by atoms with Crippen LogP contribution >= 0.6 is 0 Å². The lowest BCUT2D eigenvalue weighted by Gasteiger charge is -2.09. The van der Waals surface area contributed by atoms with Crippen LogP contribution in [-0.2, 0) is 11.3 Å². The number of nitrogens with zero attached hydrogens (tertiary/aromatic N) is 2. The van der Waals surface area contributed by atoms with Crippen LogP contribution in [0.3, 0.4) is 0 Å². The maximum atomic E-state index is 12.4. The number of esters is 1. The van der Waals surface area contributed by atoms with Crippen molar-refractivity contribution in [3.05, 3.63) is 17.5 Å². The van der Waals surface area contributed by atoms with Gasteiger partial charge in [0.15, 0.2) is 0 Å². The standard InChI is InChI=1S/C11H15F3N2O2/c1-4-18-10(17)9-5-8(7(2)3)15-16(9)6-11(12,13)14/h5,7H,4,6H2,1-3H3. The van der Waals surface area contributed by atoms with Crippen molar-refractivity contribution in [1.82, 2.24) is 9.78 Å². The van der Waals surface area contributed by atoms with Crippen LogP contribution < -0.4 is 0 Å². The Bertz CT molecular complexity index is 424. The van der Waals surface area contributed by atoms with Gasteiger partial charge in [-0.25, -0.2) is 9.48 Å². The zero-order valence-electron chi connectivity index (χ0n) is 10.4. The Labute approximate surface area is 103 Å². The van der Waals surface area contributed by atoms with E-state index in [9.17, 15) is 18.0 Å². The summed E-state index contributed by atoms with van der Waals surface area (Å²) < 4.78 is 42.5. The van der Waals surface area contributed by atoms with E-state index in [0.29, 0.717) is 10.4 Å². The molecule has 0 bridgehead atoms. The van der Waals surface area contributed by atoms with Gasteiger partial charge in [-0.05, 0) is 18.9 Å². The van der Waals surface area contributed by atoms with Crippen molar-refractivity contribution >= 4 is 5.97 Å². The molecule has 0 radical (unpaired) electrons. The number of hydrogen-bond donors (Lipinski definition) is 0. The fourth-order valence-corrected chi connectivity index (χ4v) is 1.38. The first kappa shape index (κ1) is 14.5. The van der Waals surface area contributed by atoms with Crippen molar-refractivity contribution in [2.75, 3.05) is 6.61 Å². The molecule has 18 heavy (non-hydrogen) atoms. The van der Waals surface area contributed by atoms with Crippen molar-refractivity contribution in [1.29, 1.82) is 0 Å². The molecule has 0 amide bonds. The van der Waals surface area contributed by atoms with E-state index >= 15 is 0 Å². The van der Waals surface area contributed by atoms with Gasteiger partial charge in [-0.1, -0.05) is 13.8 Å². The Hall–Kier alpha value is -1.53. The molecule has 0 aromatic carbocycles. The highest BCUT2D eigenvalue weighted by Crippen LogP contribution is 2.21. The predicted molar refractivity (Wildman–Crippen MR) is 58.3 cm³/mol. The average molecular weight is 264 g/mol. The summed E-state index contributed by atoms with van der Waals surface area (Å²) in [5.74, 6) is -0.853. The summed E-state index contributed by atoms with van der Waals surface area (Å²) in [5, 5.41) is 3.79. The lowest BCUT2D eigenvalue weighted by atomic mass is 10.1. The molecule has 0 atom stereocenters. The second kappa shape index (κ2) is 5.41. The smallest absolute Gasteiger partial charge is 0.408 e. The lowest BCUT2D eigenvalue weighted by Crippen LogP contribution is -2.23. The maximum absolute atomic E-state index is 12.4. The van der Waals surface area contributed by atoms with Crippen LogP contribution in [0, 0.1) is 0 Å². The van der Waals surface area contributed by atoms with E-state index in [2.05, 4.69) is 5.10 Å². The summed E-state index contributed by atoms with van der Waals surface area (Å²) in [6, 6.07) is 1.34. The fourth-order valence-electron chi connectivity index (χ4n) is 1.38. The second-order valence-electron chi connectivity index (χ2n) is 4.10. The number of rotatable bonds is 4. The third kappa shape index (κ3) is 3.75. The molecule has 1 aromatic rings. The highest BCUT2D eigenvalue weighted by atomic mass is 19.4. The molecular formula is C11H15F3N2O2. The largest absolute Gasteiger partial charge is 0.461 e. The fraction of sp³-hybridized carbons (Fsp3) is 0.636. The van der Waals surface area contributed by atoms with E-state index in [1.165, 1.54) is 6.07 Å². The Kier molecular flexibility index (Phi) is 4.37. The first-order valence-electron chi connectivity index (χ1n) is 5.56. The van der Waals surface area contributed by atoms with Crippen LogP contribution in [-0.4, -0.2) is 28.5 Å². The molecule has 102 valence electrons. The molecule has 0 saturated heterocycles. The molecule has 0 fully saturated rings. The molecule has 0 aliphatic rings. The normalized spacial score (nSPS) is 11.9. The van der Waals surface area contributed by atoms with Gasteiger partial charge >= 0.3 is 12.1 Å². The topological polar surface area (TPSA) is 44.1 Å². The van der Waals surface area contributed by atoms with E-state index in [4.69, 9.17) is 4.74 Å². The minimum absolute atomic E-state index is 0.0624. The summed E-state index contributed by atoms with van der Waals surface area (Å²) in [5.41, 5.74) is 0.264. The number of carbonyl (C=O) groups is 1. The molecule has 0 unspecified atom stereocenters. The van der Waals surface area contributed by atoms with E-state index in [0.717, 1.165) is 0 Å². The monoisotopic (exact) mass is 264 g/mol. The first-order valence-corrected chi connectivity index (χ1v) is 5.56. The van der Waals surface area contributed by atoms with Gasteiger partial charge in [-0.3, -0.25) is 0 Å². The molecule has 0 spiro atoms. The van der Waals surface area contributed by atoms with Crippen molar-refractivity contribution in [2.45, 2.75) is 39.4 Å². The Balaban J connectivity index is 3.09. The zero-order valence-corrected chi connectivity index (χ0v) is 10.4. The minimum atomic E-state index is -4.43. The Morgan fingerprint density at radius 1 is 1.50 bits per heavy atom. The molecule has 7 heteroatoms. The SMILES string of the molecule is CCOC(=O)c1cc(C(C)C)nn1CC(F)(F)F. The van der Waals surface area contributed by atoms with Crippen molar-refractivity contribution < 1.29 is 22.7 Å². The molecule has 1 aromatic heterocycles. The van der Waals surface area contributed by atoms with Crippen LogP contribution in [0.2, 0.25) is 0 Å². The van der Waals surface area contributed by atoms with Gasteiger partial charge in [0.25, 0.3) is 0 Å². The summed E-state index contributed by atoms with van der Waals surface area (Å²) >= 11 is 0. The number of hydrogen-bond acceptors (Lipinski definition) is 3. The minimum Gasteiger partial charge on any atom is -0.461 e. The first-order chi connectivity index (χ1) is 8.24. The number of aromatic nitrogens is 2. The molecule has 0 saturated carbocycles. The number of alkyl halides is 3. The Morgan fingerprint density at radius 2 is 2.11 bits per heavy atom. The Morgan fingerprint density at radius 3 is 2.56 bits per heavy atom. The highest BCUT2D eigenvalue weighted by molar-refractivity contribution is 5.87. The van der Waals surface area contributed by atoms with E-state index in [-0.39, 0.29) is 18.2 Å². The number of carbonyl (C=O) groups excluding carboxylic acids is 1. The van der Waals surface area contributed by atoms with Crippen molar-refractivity contribution in [2.24, 2.45) is 0 Å². The van der Waals surface area contributed by atoms with Gasteiger partial charge < -0.3 is 4.74 Å². The van der Waals surface area contributed by atoms with Crippen LogP contribution in [0.15, 0.2) is 6.07 Å². The quantitative estimate of drug-likeness (QED) is 0.785. The molecular weight excluding hydrogens is 249 g/mol. The second-order valence-corrected chi connectivity index (χ2v) is 4.10. The van der Waals surface area contributed by atoms with Gasteiger partial charge in [0.1, 0.15) is 12.2 Å². The summed E-state index contributed by atoms with van der Waals surface area (Å²) in [6.07, 6.45) is -4.43. The van der Waals surface area contributed by atoms with E-state index in [1.807, 2.05) is 0 Å². The highest BCUT2D eigenvalue weighted by Gasteiger charge is 2.31. The van der Waals surface area contributed by atoms with Gasteiger partial charge in [0, 0.05) is 0 Å². The summed E-state index contributed by atoms with van der Waals surface area (Å²) in [7, 11) is 0. The summed E-state index contributed by atoms with van der Waals surface area (Å²) in [4.78, 5) is 11.5. The van der Waals surface area contributed by atoms with Crippen LogP contribution in [0.25, 0.3) is 0 Å². The zero-order chi connectivity index (χ0) is 13.9. The molecule has 1 rings (SSSR count). The molecule has 0 aliphatic carbocycles. The third-order valence-corrected chi connectivity index (χ3v) is 2.20. The maximum Gasteiger partial charge on any atom is 0.408 e. The van der Waals surface area contributed by atoms with Crippen molar-refractivity contribution in [3.8, 4) is 0 Å². The van der Waals surface area contributed by atoms with Crippen LogP contribution in [0.4, 0.5) is 13.2 Å². The average Bonchev–Trinajstić information content (AvgIpc) is 2.59.